The lowest BCUT2D eigenvalue weighted by atomic mass is 10.0. The topological polar surface area (TPSA) is 87.5 Å². The Labute approximate surface area is 141 Å². The minimum Gasteiger partial charge on any atom is -0.352 e. The second kappa shape index (κ2) is 8.74. The van der Waals surface area contributed by atoms with Gasteiger partial charge >= 0.3 is 6.03 Å². The van der Waals surface area contributed by atoms with E-state index in [1.165, 1.54) is 0 Å². The molecule has 2 rings (SSSR count). The molecule has 126 valence electrons. The third kappa shape index (κ3) is 5.41. The van der Waals surface area contributed by atoms with Crippen LogP contribution in [-0.2, 0) is 4.79 Å². The van der Waals surface area contributed by atoms with Crippen LogP contribution in [0.4, 0.5) is 4.79 Å². The van der Waals surface area contributed by atoms with Gasteiger partial charge in [0.1, 0.15) is 0 Å². The number of nitrogens with zero attached hydrogens (tertiary/aromatic N) is 1. The fourth-order valence-electron chi connectivity index (χ4n) is 2.77. The van der Waals surface area contributed by atoms with Gasteiger partial charge in [0, 0.05) is 37.6 Å². The van der Waals surface area contributed by atoms with Crippen LogP contribution in [0.25, 0.3) is 0 Å². The quantitative estimate of drug-likeness (QED) is 0.689. The van der Waals surface area contributed by atoms with Crippen molar-refractivity contribution in [2.75, 3.05) is 26.2 Å². The number of rotatable bonds is 6. The number of carbonyl (C=O) groups excluding carboxylic acids is 2. The molecule has 1 aliphatic rings. The highest BCUT2D eigenvalue weighted by Gasteiger charge is 2.27. The van der Waals surface area contributed by atoms with Crippen LogP contribution in [0.15, 0.2) is 24.3 Å². The third-order valence-corrected chi connectivity index (χ3v) is 4.15. The van der Waals surface area contributed by atoms with Gasteiger partial charge in [-0.2, -0.15) is 0 Å². The zero-order chi connectivity index (χ0) is 16.7. The van der Waals surface area contributed by atoms with E-state index in [0.29, 0.717) is 24.5 Å². The number of nitrogens with one attached hydrogen (secondary N) is 2. The normalized spacial score (nSPS) is 17.8. The highest BCUT2D eigenvalue weighted by Crippen LogP contribution is 2.25. The van der Waals surface area contributed by atoms with Gasteiger partial charge in [0.15, 0.2) is 0 Å². The molecule has 1 aromatic rings. The Morgan fingerprint density at radius 2 is 2.22 bits per heavy atom. The predicted octanol–water partition coefficient (Wildman–Crippen LogP) is 1.65. The number of primary amides is 1. The first-order valence-corrected chi connectivity index (χ1v) is 8.24. The van der Waals surface area contributed by atoms with Crippen LogP contribution in [0.1, 0.15) is 30.9 Å². The van der Waals surface area contributed by atoms with Gasteiger partial charge < -0.3 is 21.3 Å². The highest BCUT2D eigenvalue weighted by atomic mass is 35.5. The van der Waals surface area contributed by atoms with Crippen molar-refractivity contribution < 1.29 is 9.59 Å². The summed E-state index contributed by atoms with van der Waals surface area (Å²) < 4.78 is 0. The van der Waals surface area contributed by atoms with Crippen molar-refractivity contribution >= 4 is 23.5 Å². The Kier molecular flexibility index (Phi) is 6.67. The van der Waals surface area contributed by atoms with Gasteiger partial charge in [-0.1, -0.05) is 23.7 Å². The lowest BCUT2D eigenvalue weighted by Gasteiger charge is -2.36. The van der Waals surface area contributed by atoms with Crippen LogP contribution in [-0.4, -0.2) is 43.0 Å². The SMILES string of the molecule is NC(=O)NCCCCC(=O)N1CCNCC1c1cccc(Cl)c1. The molecule has 1 heterocycles. The minimum atomic E-state index is -0.528. The molecular formula is C16H23ClN4O2. The number of amides is 3. The first-order valence-electron chi connectivity index (χ1n) is 7.87. The van der Waals surface area contributed by atoms with Crippen molar-refractivity contribution in [1.29, 1.82) is 0 Å². The Balaban J connectivity index is 1.90. The minimum absolute atomic E-state index is 0.0127. The van der Waals surface area contributed by atoms with Crippen LogP contribution in [0.3, 0.4) is 0 Å². The van der Waals surface area contributed by atoms with Crippen LogP contribution in [0, 0.1) is 0 Å². The van der Waals surface area contributed by atoms with E-state index < -0.39 is 6.03 Å². The number of hydrogen-bond acceptors (Lipinski definition) is 3. The van der Waals surface area contributed by atoms with E-state index >= 15 is 0 Å². The molecule has 0 saturated carbocycles. The molecule has 1 aliphatic heterocycles. The molecule has 1 atom stereocenters. The van der Waals surface area contributed by atoms with Gasteiger partial charge in [0.25, 0.3) is 0 Å². The largest absolute Gasteiger partial charge is 0.352 e. The van der Waals surface area contributed by atoms with E-state index in [1.807, 2.05) is 29.2 Å². The van der Waals surface area contributed by atoms with E-state index in [4.69, 9.17) is 17.3 Å². The molecule has 1 aromatic carbocycles. The number of carbonyl (C=O) groups is 2. The fraction of sp³-hybridized carbons (Fsp3) is 0.500. The van der Waals surface area contributed by atoms with Gasteiger partial charge in [-0.25, -0.2) is 4.79 Å². The second-order valence-electron chi connectivity index (χ2n) is 5.61. The van der Waals surface area contributed by atoms with Crippen molar-refractivity contribution in [2.45, 2.75) is 25.3 Å². The van der Waals surface area contributed by atoms with E-state index in [1.54, 1.807) is 0 Å². The first kappa shape index (κ1) is 17.6. The Bertz CT molecular complexity index is 553. The van der Waals surface area contributed by atoms with Crippen LogP contribution in [0.5, 0.6) is 0 Å². The summed E-state index contributed by atoms with van der Waals surface area (Å²) in [5.74, 6) is 0.135. The molecule has 7 heteroatoms. The molecule has 4 N–H and O–H groups in total. The van der Waals surface area contributed by atoms with Crippen molar-refractivity contribution in [3.8, 4) is 0 Å². The number of unbranched alkanes of at least 4 members (excludes halogenated alkanes) is 1. The molecule has 0 radical (unpaired) electrons. The fourth-order valence-corrected chi connectivity index (χ4v) is 2.97. The summed E-state index contributed by atoms with van der Waals surface area (Å²) in [6.45, 7) is 2.72. The number of hydrogen-bond donors (Lipinski definition) is 3. The summed E-state index contributed by atoms with van der Waals surface area (Å²) in [5.41, 5.74) is 6.05. The molecule has 3 amide bonds. The third-order valence-electron chi connectivity index (χ3n) is 3.91. The van der Waals surface area contributed by atoms with Gasteiger partial charge in [0.2, 0.25) is 5.91 Å². The summed E-state index contributed by atoms with van der Waals surface area (Å²) in [4.78, 5) is 25.0. The molecule has 1 unspecified atom stereocenters. The maximum Gasteiger partial charge on any atom is 0.312 e. The standard InChI is InChI=1S/C16H23ClN4O2/c17-13-5-3-4-12(10-13)14-11-19-8-9-21(14)15(22)6-1-2-7-20-16(18)23/h3-5,10,14,19H,1-2,6-9,11H2,(H3,18,20,23). The summed E-state index contributed by atoms with van der Waals surface area (Å²) in [6.07, 6.45) is 1.94. The first-order chi connectivity index (χ1) is 11.1. The van der Waals surface area contributed by atoms with Crippen molar-refractivity contribution in [3.63, 3.8) is 0 Å². The summed E-state index contributed by atoms with van der Waals surface area (Å²) >= 11 is 6.07. The van der Waals surface area contributed by atoms with Crippen LogP contribution >= 0.6 is 11.6 Å². The number of halogens is 1. The second-order valence-corrected chi connectivity index (χ2v) is 6.05. The Morgan fingerprint density at radius 1 is 1.39 bits per heavy atom. The van der Waals surface area contributed by atoms with Gasteiger partial charge in [-0.05, 0) is 30.5 Å². The number of benzene rings is 1. The summed E-state index contributed by atoms with van der Waals surface area (Å²) in [6, 6.07) is 7.14. The summed E-state index contributed by atoms with van der Waals surface area (Å²) in [7, 11) is 0. The van der Waals surface area contributed by atoms with E-state index in [9.17, 15) is 9.59 Å². The molecule has 1 fully saturated rings. The van der Waals surface area contributed by atoms with Crippen LogP contribution < -0.4 is 16.4 Å². The highest BCUT2D eigenvalue weighted by molar-refractivity contribution is 6.30. The zero-order valence-electron chi connectivity index (χ0n) is 13.1. The molecule has 0 bridgehead atoms. The van der Waals surface area contributed by atoms with Crippen molar-refractivity contribution in [2.24, 2.45) is 5.73 Å². The summed E-state index contributed by atoms with van der Waals surface area (Å²) in [5, 5.41) is 6.54. The average Bonchev–Trinajstić information content (AvgIpc) is 2.54. The maximum atomic E-state index is 12.5. The van der Waals surface area contributed by atoms with Gasteiger partial charge in [0.05, 0.1) is 6.04 Å². The number of nitrogens with two attached hydrogens (primary N) is 1. The average molecular weight is 339 g/mol. The maximum absolute atomic E-state index is 12.5. The number of urea groups is 1. The van der Waals surface area contributed by atoms with Crippen molar-refractivity contribution in [1.82, 2.24) is 15.5 Å². The Hall–Kier alpha value is -1.79. The number of piperazine rings is 1. The molecule has 23 heavy (non-hydrogen) atoms. The lowest BCUT2D eigenvalue weighted by Crippen LogP contribution is -2.48. The molecule has 0 aromatic heterocycles. The molecule has 0 aliphatic carbocycles. The van der Waals surface area contributed by atoms with Gasteiger partial charge in [-0.15, -0.1) is 0 Å². The van der Waals surface area contributed by atoms with E-state index in [-0.39, 0.29) is 11.9 Å². The smallest absolute Gasteiger partial charge is 0.312 e. The zero-order valence-corrected chi connectivity index (χ0v) is 13.8. The molecule has 1 saturated heterocycles. The van der Waals surface area contributed by atoms with Crippen LogP contribution in [0.2, 0.25) is 5.02 Å². The lowest BCUT2D eigenvalue weighted by molar-refractivity contribution is -0.134. The van der Waals surface area contributed by atoms with E-state index in [0.717, 1.165) is 31.5 Å². The predicted molar refractivity (Wildman–Crippen MR) is 90.2 cm³/mol. The van der Waals surface area contributed by atoms with Gasteiger partial charge in [-0.3, -0.25) is 4.79 Å². The van der Waals surface area contributed by atoms with Crippen molar-refractivity contribution in [3.05, 3.63) is 34.9 Å². The monoisotopic (exact) mass is 338 g/mol. The molecular weight excluding hydrogens is 316 g/mol. The van der Waals surface area contributed by atoms with E-state index in [2.05, 4.69) is 10.6 Å². The molecule has 6 nitrogen and oxygen atoms in total. The molecule has 0 spiro atoms. The Morgan fingerprint density at radius 3 is 2.96 bits per heavy atom.